The van der Waals surface area contributed by atoms with E-state index in [1.165, 1.54) is 22.9 Å². The fraction of sp³-hybridized carbons (Fsp3) is 0.500. The molecule has 0 aromatic heterocycles. The lowest BCUT2D eigenvalue weighted by atomic mass is 9.99. The molecule has 2 atom stereocenters. The zero-order valence-corrected chi connectivity index (χ0v) is 13.6. The molecule has 1 amide bonds. The smallest absolute Gasteiger partial charge is 0.326 e. The summed E-state index contributed by atoms with van der Waals surface area (Å²) < 4.78 is 0. The SMILES string of the molecule is CCC(C)[C@H](NC(=O)CSCc1cccc(C)c1)C(=O)O. The summed E-state index contributed by atoms with van der Waals surface area (Å²) in [6.45, 7) is 5.78. The van der Waals surface area contributed by atoms with Crippen LogP contribution in [0, 0.1) is 12.8 Å². The van der Waals surface area contributed by atoms with E-state index in [0.29, 0.717) is 6.42 Å². The monoisotopic (exact) mass is 309 g/mol. The number of aliphatic carboxylic acids is 1. The summed E-state index contributed by atoms with van der Waals surface area (Å²) in [6.07, 6.45) is 0.716. The molecule has 116 valence electrons. The van der Waals surface area contributed by atoms with Crippen molar-refractivity contribution in [3.05, 3.63) is 35.4 Å². The molecule has 21 heavy (non-hydrogen) atoms. The molecule has 2 N–H and O–H groups in total. The third-order valence-corrected chi connectivity index (χ3v) is 4.38. The standard InChI is InChI=1S/C16H23NO3S/c1-4-12(3)15(16(19)20)17-14(18)10-21-9-13-7-5-6-11(2)8-13/h5-8,12,15H,4,9-10H2,1-3H3,(H,17,18)(H,19,20)/t12?,15-/m0/s1. The molecule has 0 spiro atoms. The highest BCUT2D eigenvalue weighted by Crippen LogP contribution is 2.14. The Hall–Kier alpha value is -1.49. The minimum atomic E-state index is -0.971. The molecule has 0 radical (unpaired) electrons. The molecule has 0 bridgehead atoms. The highest BCUT2D eigenvalue weighted by atomic mass is 32.2. The fourth-order valence-corrected chi connectivity index (χ4v) is 2.75. The van der Waals surface area contributed by atoms with Crippen molar-refractivity contribution in [1.29, 1.82) is 0 Å². The van der Waals surface area contributed by atoms with Crippen LogP contribution in [0.25, 0.3) is 0 Å². The Morgan fingerprint density at radius 3 is 2.67 bits per heavy atom. The maximum Gasteiger partial charge on any atom is 0.326 e. The van der Waals surface area contributed by atoms with Gasteiger partial charge in [-0.1, -0.05) is 50.1 Å². The first-order valence-electron chi connectivity index (χ1n) is 7.09. The molecule has 0 aliphatic heterocycles. The van der Waals surface area contributed by atoms with Gasteiger partial charge in [0.05, 0.1) is 5.75 Å². The average molecular weight is 309 g/mol. The van der Waals surface area contributed by atoms with E-state index in [4.69, 9.17) is 5.11 Å². The number of carbonyl (C=O) groups excluding carboxylic acids is 1. The van der Waals surface area contributed by atoms with Gasteiger partial charge in [0.15, 0.2) is 0 Å². The predicted molar refractivity (Wildman–Crippen MR) is 86.4 cm³/mol. The van der Waals surface area contributed by atoms with Crippen molar-refractivity contribution >= 4 is 23.6 Å². The minimum Gasteiger partial charge on any atom is -0.480 e. The van der Waals surface area contributed by atoms with E-state index in [0.717, 1.165) is 5.75 Å². The Bertz CT molecular complexity index is 490. The summed E-state index contributed by atoms with van der Waals surface area (Å²) >= 11 is 1.49. The number of nitrogens with one attached hydrogen (secondary N) is 1. The third kappa shape index (κ3) is 6.21. The molecule has 0 aliphatic carbocycles. The van der Waals surface area contributed by atoms with Crippen LogP contribution >= 0.6 is 11.8 Å². The molecule has 1 aromatic carbocycles. The highest BCUT2D eigenvalue weighted by molar-refractivity contribution is 7.99. The lowest BCUT2D eigenvalue weighted by Crippen LogP contribution is -2.45. The molecule has 0 heterocycles. The summed E-state index contributed by atoms with van der Waals surface area (Å²) in [6, 6.07) is 7.34. The maximum atomic E-state index is 11.8. The first-order valence-corrected chi connectivity index (χ1v) is 8.25. The van der Waals surface area contributed by atoms with Gasteiger partial charge < -0.3 is 10.4 Å². The molecule has 0 saturated carbocycles. The van der Waals surface area contributed by atoms with Gasteiger partial charge in [-0.2, -0.15) is 0 Å². The van der Waals surface area contributed by atoms with E-state index < -0.39 is 12.0 Å². The quantitative estimate of drug-likeness (QED) is 0.775. The van der Waals surface area contributed by atoms with E-state index in [2.05, 4.69) is 11.4 Å². The van der Waals surface area contributed by atoms with Crippen molar-refractivity contribution < 1.29 is 14.7 Å². The van der Waals surface area contributed by atoms with Gasteiger partial charge >= 0.3 is 5.97 Å². The lowest BCUT2D eigenvalue weighted by Gasteiger charge is -2.20. The molecular formula is C16H23NO3S. The summed E-state index contributed by atoms with van der Waals surface area (Å²) in [5, 5.41) is 11.7. The van der Waals surface area contributed by atoms with Gasteiger partial charge in [0.25, 0.3) is 0 Å². The molecule has 0 saturated heterocycles. The number of amides is 1. The molecule has 1 unspecified atom stereocenters. The largest absolute Gasteiger partial charge is 0.480 e. The van der Waals surface area contributed by atoms with Crippen LogP contribution in [-0.2, 0) is 15.3 Å². The van der Waals surface area contributed by atoms with Crippen molar-refractivity contribution in [3.63, 3.8) is 0 Å². The zero-order chi connectivity index (χ0) is 15.8. The van der Waals surface area contributed by atoms with E-state index in [-0.39, 0.29) is 17.6 Å². The second-order valence-corrected chi connectivity index (χ2v) is 6.24. The van der Waals surface area contributed by atoms with Gasteiger partial charge in [-0.15, -0.1) is 11.8 Å². The normalized spacial score (nSPS) is 13.5. The zero-order valence-electron chi connectivity index (χ0n) is 12.8. The van der Waals surface area contributed by atoms with Gasteiger partial charge in [-0.05, 0) is 18.4 Å². The van der Waals surface area contributed by atoms with Gasteiger partial charge in [0.2, 0.25) is 5.91 Å². The van der Waals surface area contributed by atoms with E-state index in [1.807, 2.05) is 39.0 Å². The minimum absolute atomic E-state index is 0.0757. The van der Waals surface area contributed by atoms with Crippen molar-refractivity contribution in [2.45, 2.75) is 39.0 Å². The molecule has 0 fully saturated rings. The Morgan fingerprint density at radius 2 is 2.10 bits per heavy atom. The van der Waals surface area contributed by atoms with Crippen LogP contribution in [-0.4, -0.2) is 28.8 Å². The highest BCUT2D eigenvalue weighted by Gasteiger charge is 2.24. The number of carbonyl (C=O) groups is 2. The molecule has 1 aromatic rings. The maximum absolute atomic E-state index is 11.8. The van der Waals surface area contributed by atoms with Crippen LogP contribution < -0.4 is 5.32 Å². The van der Waals surface area contributed by atoms with Crippen LogP contribution in [0.1, 0.15) is 31.4 Å². The van der Waals surface area contributed by atoms with E-state index in [9.17, 15) is 9.59 Å². The molecule has 5 heteroatoms. The van der Waals surface area contributed by atoms with Crippen molar-refractivity contribution in [1.82, 2.24) is 5.32 Å². The Kier molecular flexibility index (Phi) is 7.29. The van der Waals surface area contributed by atoms with Crippen LogP contribution in [0.3, 0.4) is 0 Å². The van der Waals surface area contributed by atoms with Crippen molar-refractivity contribution in [2.75, 3.05) is 5.75 Å². The summed E-state index contributed by atoms with van der Waals surface area (Å²) in [5.74, 6) is -0.250. The number of benzene rings is 1. The molecular weight excluding hydrogens is 286 g/mol. The van der Waals surface area contributed by atoms with Crippen molar-refractivity contribution in [2.24, 2.45) is 5.92 Å². The van der Waals surface area contributed by atoms with Crippen LogP contribution in [0.5, 0.6) is 0 Å². The second-order valence-electron chi connectivity index (χ2n) is 5.25. The Balaban J connectivity index is 2.41. The molecule has 4 nitrogen and oxygen atoms in total. The Morgan fingerprint density at radius 1 is 1.38 bits per heavy atom. The lowest BCUT2D eigenvalue weighted by molar-refractivity contribution is -0.143. The Labute approximate surface area is 130 Å². The average Bonchev–Trinajstić information content (AvgIpc) is 2.43. The number of rotatable bonds is 8. The van der Waals surface area contributed by atoms with E-state index >= 15 is 0 Å². The molecule has 1 rings (SSSR count). The molecule has 0 aliphatic rings. The first-order chi connectivity index (χ1) is 9.93. The summed E-state index contributed by atoms with van der Waals surface area (Å²) in [4.78, 5) is 23.0. The van der Waals surface area contributed by atoms with Gasteiger partial charge in [0, 0.05) is 5.75 Å². The second kappa shape index (κ2) is 8.72. The van der Waals surface area contributed by atoms with Gasteiger partial charge in [-0.3, -0.25) is 4.79 Å². The number of carboxylic acids is 1. The number of hydrogen-bond acceptors (Lipinski definition) is 3. The predicted octanol–water partition coefficient (Wildman–Crippen LogP) is 2.84. The summed E-state index contributed by atoms with van der Waals surface area (Å²) in [5.41, 5.74) is 2.37. The van der Waals surface area contributed by atoms with Gasteiger partial charge in [0.1, 0.15) is 6.04 Å². The van der Waals surface area contributed by atoms with Crippen LogP contribution in [0.4, 0.5) is 0 Å². The van der Waals surface area contributed by atoms with Crippen LogP contribution in [0.15, 0.2) is 24.3 Å². The third-order valence-electron chi connectivity index (χ3n) is 3.38. The number of aryl methyl sites for hydroxylation is 1. The van der Waals surface area contributed by atoms with Crippen LogP contribution in [0.2, 0.25) is 0 Å². The first kappa shape index (κ1) is 17.6. The number of carboxylic acid groups (broad SMARTS) is 1. The summed E-state index contributed by atoms with van der Waals surface area (Å²) in [7, 11) is 0. The number of thioether (sulfide) groups is 1. The van der Waals surface area contributed by atoms with Crippen molar-refractivity contribution in [3.8, 4) is 0 Å². The topological polar surface area (TPSA) is 66.4 Å². The fourth-order valence-electron chi connectivity index (χ4n) is 1.96. The van der Waals surface area contributed by atoms with E-state index in [1.54, 1.807) is 0 Å². The number of hydrogen-bond donors (Lipinski definition) is 2. The van der Waals surface area contributed by atoms with Gasteiger partial charge in [-0.25, -0.2) is 4.79 Å².